The summed E-state index contributed by atoms with van der Waals surface area (Å²) < 4.78 is 0. The smallest absolute Gasteiger partial charge is 0.260 e. The van der Waals surface area contributed by atoms with Crippen molar-refractivity contribution in [3.63, 3.8) is 0 Å². The van der Waals surface area contributed by atoms with Crippen molar-refractivity contribution >= 4 is 21.6 Å². The summed E-state index contributed by atoms with van der Waals surface area (Å²) in [4.78, 5) is 23.8. The summed E-state index contributed by atoms with van der Waals surface area (Å²) in [6, 6.07) is 16.0. The molecule has 2 heterocycles. The second kappa shape index (κ2) is 10.00. The zero-order valence-corrected chi connectivity index (χ0v) is 20.4. The van der Waals surface area contributed by atoms with Crippen LogP contribution >= 0.6 is 11.3 Å². The van der Waals surface area contributed by atoms with Crippen molar-refractivity contribution in [2.45, 2.75) is 40.3 Å². The Labute approximate surface area is 198 Å². The van der Waals surface area contributed by atoms with E-state index in [1.54, 1.807) is 0 Å². The molecular formula is C27H31N3O2S. The van der Waals surface area contributed by atoms with E-state index in [1.165, 1.54) is 22.5 Å². The van der Waals surface area contributed by atoms with Gasteiger partial charge in [0.1, 0.15) is 10.7 Å². The molecule has 2 aromatic heterocycles. The normalized spacial score (nSPS) is 12.7. The molecule has 0 aliphatic rings. The number of rotatable bonds is 8. The molecule has 0 saturated heterocycles. The van der Waals surface area contributed by atoms with Crippen molar-refractivity contribution in [3.8, 4) is 11.1 Å². The standard InChI is InChI=1S/C27H31N3O2S/c1-17(2)13-30(14-23(31)20-8-6-5-7-9-20)15-24-28-26(32)25-22(16-33-27(25)29-24)21-11-10-18(3)19(4)12-21/h5-12,16-17,23,31H,13-15H2,1-4H3,(H,28,29,32)/t23-/m0/s1. The molecule has 6 heteroatoms. The molecule has 0 spiro atoms. The number of aromatic nitrogens is 2. The number of aliphatic hydroxyl groups excluding tert-OH is 1. The van der Waals surface area contributed by atoms with Gasteiger partial charge in [0.2, 0.25) is 0 Å². The number of hydrogen-bond acceptors (Lipinski definition) is 5. The summed E-state index contributed by atoms with van der Waals surface area (Å²) in [6.45, 7) is 10.2. The second-order valence-electron chi connectivity index (χ2n) is 9.16. The SMILES string of the molecule is Cc1ccc(-c2csc3nc(CN(CC(C)C)C[C@H](O)c4ccccc4)[nH]c(=O)c23)cc1C. The van der Waals surface area contributed by atoms with E-state index in [0.29, 0.717) is 30.2 Å². The molecule has 33 heavy (non-hydrogen) atoms. The first-order chi connectivity index (χ1) is 15.8. The van der Waals surface area contributed by atoms with Crippen molar-refractivity contribution in [2.75, 3.05) is 13.1 Å². The van der Waals surface area contributed by atoms with Gasteiger partial charge < -0.3 is 10.1 Å². The van der Waals surface area contributed by atoms with Gasteiger partial charge in [-0.3, -0.25) is 9.69 Å². The van der Waals surface area contributed by atoms with Crippen LogP contribution in [0.4, 0.5) is 0 Å². The molecule has 0 unspecified atom stereocenters. The largest absolute Gasteiger partial charge is 0.387 e. The predicted molar refractivity (Wildman–Crippen MR) is 137 cm³/mol. The van der Waals surface area contributed by atoms with Gasteiger partial charge in [-0.15, -0.1) is 11.3 Å². The number of hydrogen-bond donors (Lipinski definition) is 2. The zero-order valence-electron chi connectivity index (χ0n) is 19.6. The topological polar surface area (TPSA) is 69.2 Å². The Morgan fingerprint density at radius 1 is 1.06 bits per heavy atom. The Morgan fingerprint density at radius 2 is 1.82 bits per heavy atom. The van der Waals surface area contributed by atoms with E-state index in [9.17, 15) is 9.90 Å². The summed E-state index contributed by atoms with van der Waals surface area (Å²) in [5, 5.41) is 13.4. The first-order valence-corrected chi connectivity index (χ1v) is 12.2. The summed E-state index contributed by atoms with van der Waals surface area (Å²) in [6.07, 6.45) is -0.599. The van der Waals surface area contributed by atoms with Crippen molar-refractivity contribution in [1.29, 1.82) is 0 Å². The molecular weight excluding hydrogens is 430 g/mol. The Morgan fingerprint density at radius 3 is 2.52 bits per heavy atom. The lowest BCUT2D eigenvalue weighted by Gasteiger charge is -2.26. The van der Waals surface area contributed by atoms with Gasteiger partial charge in [0, 0.05) is 24.0 Å². The van der Waals surface area contributed by atoms with Crippen LogP contribution in [0.15, 0.2) is 58.7 Å². The van der Waals surface area contributed by atoms with Crippen LogP contribution in [0.1, 0.15) is 42.5 Å². The summed E-state index contributed by atoms with van der Waals surface area (Å²) in [7, 11) is 0. The summed E-state index contributed by atoms with van der Waals surface area (Å²) >= 11 is 1.50. The number of H-pyrrole nitrogens is 1. The van der Waals surface area contributed by atoms with Gasteiger partial charge in [0.05, 0.1) is 18.0 Å². The second-order valence-corrected chi connectivity index (χ2v) is 10.0. The molecule has 4 rings (SSSR count). The molecule has 0 aliphatic heterocycles. The molecule has 0 radical (unpaired) electrons. The number of aryl methyl sites for hydroxylation is 2. The Bertz CT molecular complexity index is 1290. The van der Waals surface area contributed by atoms with Gasteiger partial charge in [-0.1, -0.05) is 62.4 Å². The highest BCUT2D eigenvalue weighted by atomic mass is 32.1. The summed E-state index contributed by atoms with van der Waals surface area (Å²) in [5.41, 5.74) is 5.18. The summed E-state index contributed by atoms with van der Waals surface area (Å²) in [5.74, 6) is 1.04. The van der Waals surface area contributed by atoms with Gasteiger partial charge in [-0.05, 0) is 42.0 Å². The third kappa shape index (κ3) is 5.41. The lowest BCUT2D eigenvalue weighted by atomic mass is 10.0. The molecule has 2 N–H and O–H groups in total. The van der Waals surface area contributed by atoms with E-state index < -0.39 is 6.10 Å². The fraction of sp³-hybridized carbons (Fsp3) is 0.333. The van der Waals surface area contributed by atoms with Crippen LogP contribution in [0.3, 0.4) is 0 Å². The molecule has 5 nitrogen and oxygen atoms in total. The first-order valence-electron chi connectivity index (χ1n) is 11.3. The average molecular weight is 462 g/mol. The van der Waals surface area contributed by atoms with Crippen molar-refractivity contribution < 1.29 is 5.11 Å². The lowest BCUT2D eigenvalue weighted by molar-refractivity contribution is 0.100. The number of aliphatic hydroxyl groups is 1. The predicted octanol–water partition coefficient (Wildman–Crippen LogP) is 5.46. The fourth-order valence-electron chi connectivity index (χ4n) is 4.15. The molecule has 0 amide bonds. The number of benzene rings is 2. The minimum absolute atomic E-state index is 0.113. The molecule has 0 bridgehead atoms. The van der Waals surface area contributed by atoms with Crippen LogP contribution in [-0.2, 0) is 6.54 Å². The van der Waals surface area contributed by atoms with Crippen LogP contribution in [0.25, 0.3) is 21.3 Å². The maximum Gasteiger partial charge on any atom is 0.260 e. The van der Waals surface area contributed by atoms with E-state index in [4.69, 9.17) is 4.98 Å². The Kier molecular flexibility index (Phi) is 7.08. The lowest BCUT2D eigenvalue weighted by Crippen LogP contribution is -2.33. The minimum Gasteiger partial charge on any atom is -0.387 e. The maximum absolute atomic E-state index is 13.1. The van der Waals surface area contributed by atoms with Crippen LogP contribution in [-0.4, -0.2) is 33.1 Å². The molecule has 2 aromatic carbocycles. The van der Waals surface area contributed by atoms with Crippen LogP contribution < -0.4 is 5.56 Å². The molecule has 4 aromatic rings. The van der Waals surface area contributed by atoms with E-state index in [1.807, 2.05) is 35.7 Å². The maximum atomic E-state index is 13.1. The third-order valence-electron chi connectivity index (χ3n) is 5.92. The van der Waals surface area contributed by atoms with Crippen LogP contribution in [0, 0.1) is 19.8 Å². The van der Waals surface area contributed by atoms with E-state index in [0.717, 1.165) is 28.1 Å². The first kappa shape index (κ1) is 23.4. The average Bonchev–Trinajstić information content (AvgIpc) is 3.20. The van der Waals surface area contributed by atoms with Crippen molar-refractivity contribution in [2.24, 2.45) is 5.92 Å². The van der Waals surface area contributed by atoms with Crippen LogP contribution in [0.2, 0.25) is 0 Å². The molecule has 0 fully saturated rings. The minimum atomic E-state index is -0.599. The van der Waals surface area contributed by atoms with Gasteiger partial charge >= 0.3 is 0 Å². The van der Waals surface area contributed by atoms with E-state index in [2.05, 4.69) is 55.8 Å². The van der Waals surface area contributed by atoms with E-state index >= 15 is 0 Å². The number of thiophene rings is 1. The van der Waals surface area contributed by atoms with Gasteiger partial charge in [0.25, 0.3) is 5.56 Å². The molecule has 0 saturated carbocycles. The van der Waals surface area contributed by atoms with Crippen molar-refractivity contribution in [3.05, 3.63) is 86.8 Å². The van der Waals surface area contributed by atoms with Crippen molar-refractivity contribution in [1.82, 2.24) is 14.9 Å². The molecule has 0 aliphatic carbocycles. The van der Waals surface area contributed by atoms with Gasteiger partial charge in [-0.25, -0.2) is 4.98 Å². The highest BCUT2D eigenvalue weighted by Gasteiger charge is 2.18. The van der Waals surface area contributed by atoms with Gasteiger partial charge in [0.15, 0.2) is 0 Å². The van der Waals surface area contributed by atoms with Crippen LogP contribution in [0.5, 0.6) is 0 Å². The number of nitrogens with one attached hydrogen (secondary N) is 1. The Hall–Kier alpha value is -2.80. The monoisotopic (exact) mass is 461 g/mol. The highest BCUT2D eigenvalue weighted by molar-refractivity contribution is 7.17. The third-order valence-corrected chi connectivity index (χ3v) is 6.80. The fourth-order valence-corrected chi connectivity index (χ4v) is 5.11. The van der Waals surface area contributed by atoms with E-state index in [-0.39, 0.29) is 5.56 Å². The molecule has 172 valence electrons. The molecule has 1 atom stereocenters. The quantitative estimate of drug-likeness (QED) is 0.366. The highest BCUT2D eigenvalue weighted by Crippen LogP contribution is 2.32. The van der Waals surface area contributed by atoms with Gasteiger partial charge in [-0.2, -0.15) is 0 Å². The number of fused-ring (bicyclic) bond motifs is 1. The number of nitrogens with zero attached hydrogens (tertiary/aromatic N) is 2. The number of aromatic amines is 1. The zero-order chi connectivity index (χ0) is 23.5. The Balaban J connectivity index is 1.61.